The molecule has 0 aliphatic rings. The van der Waals surface area contributed by atoms with E-state index >= 15 is 0 Å². The maximum absolute atomic E-state index is 12.3. The molecule has 5 heteroatoms. The third kappa shape index (κ3) is 6.35. The van der Waals surface area contributed by atoms with Gasteiger partial charge in [0.05, 0.1) is 6.61 Å². The molecule has 0 fully saturated rings. The minimum absolute atomic E-state index is 0.252. The van der Waals surface area contributed by atoms with E-state index in [0.29, 0.717) is 0 Å². The molecule has 25 heavy (non-hydrogen) atoms. The molecule has 1 N–H and O–H groups in total. The molecule has 0 bridgehead atoms. The molecule has 0 heterocycles. The van der Waals surface area contributed by atoms with Gasteiger partial charge in [0.2, 0.25) is 0 Å². The summed E-state index contributed by atoms with van der Waals surface area (Å²) in [4.78, 5) is 24.1. The van der Waals surface area contributed by atoms with Crippen LogP contribution in [0.3, 0.4) is 0 Å². The van der Waals surface area contributed by atoms with Gasteiger partial charge in [-0.3, -0.25) is 4.79 Å². The zero-order valence-electron chi connectivity index (χ0n) is 15.8. The Labute approximate surface area is 150 Å². The van der Waals surface area contributed by atoms with Crippen LogP contribution in [0.15, 0.2) is 30.9 Å². The van der Waals surface area contributed by atoms with E-state index in [1.165, 1.54) is 0 Å². The second kappa shape index (κ2) is 9.99. The normalized spacial score (nSPS) is 12.1. The number of carbonyl (C=O) groups excluding carboxylic acids is 2. The predicted molar refractivity (Wildman–Crippen MR) is 99.8 cm³/mol. The first-order chi connectivity index (χ1) is 11.8. The smallest absolute Gasteiger partial charge is 0.335 e. The molecule has 0 aliphatic carbocycles. The zero-order chi connectivity index (χ0) is 19.0. The van der Waals surface area contributed by atoms with Crippen molar-refractivity contribution in [3.05, 3.63) is 42.0 Å². The van der Waals surface area contributed by atoms with Crippen molar-refractivity contribution >= 4 is 17.6 Å². The number of nitrogens with one attached hydrogen (secondary N) is 1. The van der Waals surface area contributed by atoms with Crippen LogP contribution in [-0.2, 0) is 19.1 Å². The van der Waals surface area contributed by atoms with E-state index in [0.717, 1.165) is 16.8 Å². The van der Waals surface area contributed by atoms with Gasteiger partial charge in [0.15, 0.2) is 12.7 Å². The van der Waals surface area contributed by atoms with E-state index in [9.17, 15) is 9.59 Å². The van der Waals surface area contributed by atoms with E-state index in [1.54, 1.807) is 13.0 Å². The second-order valence-corrected chi connectivity index (χ2v) is 6.54. The molecule has 1 atom stereocenters. The highest BCUT2D eigenvalue weighted by Crippen LogP contribution is 2.32. The van der Waals surface area contributed by atoms with Crippen LogP contribution in [0, 0.1) is 0 Å². The highest BCUT2D eigenvalue weighted by molar-refractivity contribution is 5.94. The Bertz CT molecular complexity index is 581. The standard InChI is InChI=1S/C20H29NO4/c1-7-11-24-15(6)20(23)25-12-18(22)21-19-16(13(2)3)9-8-10-17(19)14(4)5/h7-10,13-15H,1,11-12H2,2-6H3,(H,21,22). The molecule has 1 aromatic carbocycles. The number of hydrogen-bond acceptors (Lipinski definition) is 4. The summed E-state index contributed by atoms with van der Waals surface area (Å²) in [5.41, 5.74) is 2.94. The van der Waals surface area contributed by atoms with Crippen LogP contribution in [0.25, 0.3) is 0 Å². The van der Waals surface area contributed by atoms with Crippen LogP contribution in [-0.4, -0.2) is 31.2 Å². The zero-order valence-corrected chi connectivity index (χ0v) is 15.8. The Morgan fingerprint density at radius 3 is 2.16 bits per heavy atom. The number of hydrogen-bond donors (Lipinski definition) is 1. The summed E-state index contributed by atoms with van der Waals surface area (Å²) in [7, 11) is 0. The SMILES string of the molecule is C=CCOC(C)C(=O)OCC(=O)Nc1c(C(C)C)cccc1C(C)C. The van der Waals surface area contributed by atoms with Crippen molar-refractivity contribution in [1.82, 2.24) is 0 Å². The van der Waals surface area contributed by atoms with Gasteiger partial charge < -0.3 is 14.8 Å². The lowest BCUT2D eigenvalue weighted by molar-refractivity contribution is -0.157. The Morgan fingerprint density at radius 2 is 1.68 bits per heavy atom. The molecule has 1 amide bonds. The summed E-state index contributed by atoms with van der Waals surface area (Å²) < 4.78 is 10.2. The van der Waals surface area contributed by atoms with E-state index in [4.69, 9.17) is 9.47 Å². The minimum Gasteiger partial charge on any atom is -0.454 e. The molecule has 0 aliphatic heterocycles. The van der Waals surface area contributed by atoms with Gasteiger partial charge >= 0.3 is 5.97 Å². The van der Waals surface area contributed by atoms with Crippen LogP contribution in [0.2, 0.25) is 0 Å². The quantitative estimate of drug-likeness (QED) is 0.541. The van der Waals surface area contributed by atoms with Gasteiger partial charge in [-0.1, -0.05) is 52.0 Å². The fourth-order valence-electron chi connectivity index (χ4n) is 2.41. The van der Waals surface area contributed by atoms with Gasteiger partial charge in [0.1, 0.15) is 0 Å². The van der Waals surface area contributed by atoms with Crippen molar-refractivity contribution in [3.63, 3.8) is 0 Å². The monoisotopic (exact) mass is 347 g/mol. The first kappa shape index (κ1) is 20.9. The van der Waals surface area contributed by atoms with Crippen molar-refractivity contribution in [2.75, 3.05) is 18.5 Å². The van der Waals surface area contributed by atoms with E-state index in [-0.39, 0.29) is 31.0 Å². The molecule has 1 rings (SSSR count). The molecule has 0 saturated carbocycles. The molecule has 0 radical (unpaired) electrons. The van der Waals surface area contributed by atoms with E-state index < -0.39 is 12.1 Å². The average molecular weight is 347 g/mol. The van der Waals surface area contributed by atoms with Gasteiger partial charge in [-0.25, -0.2) is 4.79 Å². The molecular formula is C20H29NO4. The lowest BCUT2D eigenvalue weighted by atomic mass is 9.92. The molecule has 0 saturated heterocycles. The Balaban J connectivity index is 2.77. The van der Waals surface area contributed by atoms with Crippen molar-refractivity contribution in [2.24, 2.45) is 0 Å². The van der Waals surface area contributed by atoms with Crippen LogP contribution in [0.1, 0.15) is 57.6 Å². The number of rotatable bonds is 9. The summed E-state index contributed by atoms with van der Waals surface area (Å²) >= 11 is 0. The molecule has 138 valence electrons. The molecule has 0 spiro atoms. The summed E-state index contributed by atoms with van der Waals surface area (Å²) in [6.07, 6.45) is 0.812. The Kier molecular flexibility index (Phi) is 8.35. The first-order valence-electron chi connectivity index (χ1n) is 8.59. The van der Waals surface area contributed by atoms with Gasteiger partial charge in [0.25, 0.3) is 5.91 Å². The van der Waals surface area contributed by atoms with Gasteiger partial charge in [-0.2, -0.15) is 0 Å². The first-order valence-corrected chi connectivity index (χ1v) is 8.59. The molecule has 1 aromatic rings. The number of carbonyl (C=O) groups is 2. The highest BCUT2D eigenvalue weighted by Gasteiger charge is 2.19. The fourth-order valence-corrected chi connectivity index (χ4v) is 2.41. The molecule has 1 unspecified atom stereocenters. The van der Waals surface area contributed by atoms with Crippen LogP contribution in [0.4, 0.5) is 5.69 Å². The van der Waals surface area contributed by atoms with Crippen molar-refractivity contribution in [1.29, 1.82) is 0 Å². The maximum Gasteiger partial charge on any atom is 0.335 e. The highest BCUT2D eigenvalue weighted by atomic mass is 16.6. The molecule has 5 nitrogen and oxygen atoms in total. The number of benzene rings is 1. The number of anilines is 1. The second-order valence-electron chi connectivity index (χ2n) is 6.54. The number of amides is 1. The van der Waals surface area contributed by atoms with Crippen LogP contribution in [0.5, 0.6) is 0 Å². The van der Waals surface area contributed by atoms with Crippen molar-refractivity contribution < 1.29 is 19.1 Å². The van der Waals surface area contributed by atoms with Crippen LogP contribution < -0.4 is 5.32 Å². The minimum atomic E-state index is -0.736. The Morgan fingerprint density at radius 1 is 1.12 bits per heavy atom. The number of para-hydroxylation sites is 1. The Hall–Kier alpha value is -2.14. The van der Waals surface area contributed by atoms with Crippen LogP contribution >= 0.6 is 0 Å². The van der Waals surface area contributed by atoms with E-state index in [1.807, 2.05) is 18.2 Å². The van der Waals surface area contributed by atoms with Crippen molar-refractivity contribution in [2.45, 2.75) is 52.6 Å². The average Bonchev–Trinajstić information content (AvgIpc) is 2.57. The lowest BCUT2D eigenvalue weighted by Gasteiger charge is -2.20. The van der Waals surface area contributed by atoms with Gasteiger partial charge in [-0.15, -0.1) is 6.58 Å². The fraction of sp³-hybridized carbons (Fsp3) is 0.500. The topological polar surface area (TPSA) is 64.6 Å². The van der Waals surface area contributed by atoms with Crippen molar-refractivity contribution in [3.8, 4) is 0 Å². The summed E-state index contributed by atoms with van der Waals surface area (Å²) in [5, 5.41) is 2.91. The molecular weight excluding hydrogens is 318 g/mol. The molecule has 0 aromatic heterocycles. The number of esters is 1. The van der Waals surface area contributed by atoms with Gasteiger partial charge in [-0.05, 0) is 29.9 Å². The summed E-state index contributed by atoms with van der Waals surface area (Å²) in [6, 6.07) is 6.01. The van der Waals surface area contributed by atoms with Gasteiger partial charge in [0, 0.05) is 5.69 Å². The summed E-state index contributed by atoms with van der Waals surface area (Å²) in [6.45, 7) is 13.3. The number of ether oxygens (including phenoxy) is 2. The van der Waals surface area contributed by atoms with E-state index in [2.05, 4.69) is 39.6 Å². The maximum atomic E-state index is 12.3. The summed E-state index contributed by atoms with van der Waals surface area (Å²) in [5.74, 6) is -0.398. The lowest BCUT2D eigenvalue weighted by Crippen LogP contribution is -2.28. The third-order valence-electron chi connectivity index (χ3n) is 3.78. The largest absolute Gasteiger partial charge is 0.454 e. The third-order valence-corrected chi connectivity index (χ3v) is 3.78. The predicted octanol–water partition coefficient (Wildman–Crippen LogP) is 4.01.